The number of nitrogens with one attached hydrogen (secondary N) is 1. The zero-order valence-electron chi connectivity index (χ0n) is 17.9. The first-order chi connectivity index (χ1) is 16.4. The number of hydrogen-bond donors (Lipinski definition) is 3. The van der Waals surface area contributed by atoms with E-state index in [1.54, 1.807) is 19.3 Å². The summed E-state index contributed by atoms with van der Waals surface area (Å²) in [7, 11) is 0. The molecule has 1 aromatic carbocycles. The van der Waals surface area contributed by atoms with Gasteiger partial charge in [0, 0.05) is 28.7 Å². The molecule has 0 radical (unpaired) electrons. The number of rotatable bonds is 5. The van der Waals surface area contributed by atoms with Gasteiger partial charge in [-0.25, -0.2) is 14.6 Å². The van der Waals surface area contributed by atoms with Gasteiger partial charge in [-0.15, -0.1) is 0 Å². The summed E-state index contributed by atoms with van der Waals surface area (Å²) in [5.74, 6) is -3.41. The summed E-state index contributed by atoms with van der Waals surface area (Å²) in [6.45, 7) is 2.30. The number of carbonyl (C=O) groups is 2. The van der Waals surface area contributed by atoms with E-state index in [0.29, 0.717) is 28.8 Å². The fraction of sp³-hybridized carbons (Fsp3) is 0.136. The molecule has 0 unspecified atom stereocenters. The first-order valence-electron chi connectivity index (χ1n) is 9.77. The molecule has 0 bridgehead atoms. The van der Waals surface area contributed by atoms with Crippen LogP contribution in [-0.4, -0.2) is 53.1 Å². The number of aromatic amines is 1. The number of carboxylic acids is 2. The van der Waals surface area contributed by atoms with Crippen LogP contribution < -0.4 is 0 Å². The lowest BCUT2D eigenvalue weighted by atomic mass is 10.1. The molecule has 4 aromatic rings. The van der Waals surface area contributed by atoms with Crippen LogP contribution in [-0.2, 0) is 11.3 Å². The highest BCUT2D eigenvalue weighted by Gasteiger charge is 2.38. The van der Waals surface area contributed by atoms with E-state index in [9.17, 15) is 23.1 Å². The van der Waals surface area contributed by atoms with Crippen molar-refractivity contribution in [1.82, 2.24) is 24.7 Å². The second kappa shape index (κ2) is 10.4. The summed E-state index contributed by atoms with van der Waals surface area (Å²) in [5.41, 5.74) is 4.00. The van der Waals surface area contributed by atoms with Gasteiger partial charge in [-0.1, -0.05) is 23.7 Å². The molecular weight excluding hydrogens is 491 g/mol. The largest absolute Gasteiger partial charge is 0.490 e. The van der Waals surface area contributed by atoms with Crippen LogP contribution in [0.1, 0.15) is 21.7 Å². The van der Waals surface area contributed by atoms with Gasteiger partial charge in [-0.3, -0.25) is 9.67 Å². The number of aromatic carboxylic acids is 1. The smallest absolute Gasteiger partial charge is 0.476 e. The molecule has 0 saturated heterocycles. The van der Waals surface area contributed by atoms with Gasteiger partial charge in [-0.05, 0) is 42.3 Å². The molecule has 35 heavy (non-hydrogen) atoms. The lowest BCUT2D eigenvalue weighted by Gasteiger charge is -2.02. The van der Waals surface area contributed by atoms with Gasteiger partial charge < -0.3 is 15.2 Å². The van der Waals surface area contributed by atoms with E-state index < -0.39 is 18.1 Å². The predicted molar refractivity (Wildman–Crippen MR) is 119 cm³/mol. The third-order valence-corrected chi connectivity index (χ3v) is 4.81. The van der Waals surface area contributed by atoms with E-state index in [0.717, 1.165) is 16.7 Å². The standard InChI is InChI=1S/C20H16ClN5O2.C2HF3O2/c1-12-18(20(27)28)25-19(24-12)17-8-14(6-7-22-17)15-9-23-26(11-15)10-13-2-4-16(21)5-3-13;3-2(4,5)1(6)7/h2-9,11H,10H2,1H3,(H,24,25)(H,27,28);(H,6,7). The van der Waals surface area contributed by atoms with Crippen LogP contribution in [0.5, 0.6) is 0 Å². The Bertz CT molecular complexity index is 1350. The summed E-state index contributed by atoms with van der Waals surface area (Å²) < 4.78 is 33.6. The molecule has 0 atom stereocenters. The minimum Gasteiger partial charge on any atom is -0.476 e. The highest BCUT2D eigenvalue weighted by atomic mass is 35.5. The lowest BCUT2D eigenvalue weighted by molar-refractivity contribution is -0.192. The van der Waals surface area contributed by atoms with Crippen molar-refractivity contribution in [3.8, 4) is 22.6 Å². The van der Waals surface area contributed by atoms with Gasteiger partial charge in [0.25, 0.3) is 0 Å². The highest BCUT2D eigenvalue weighted by Crippen LogP contribution is 2.24. The van der Waals surface area contributed by atoms with Gasteiger partial charge in [0.1, 0.15) is 5.69 Å². The molecule has 3 N–H and O–H groups in total. The summed E-state index contributed by atoms with van der Waals surface area (Å²) >= 11 is 5.92. The maximum atomic E-state index is 11.2. The topological polar surface area (TPSA) is 134 Å². The van der Waals surface area contributed by atoms with Crippen molar-refractivity contribution >= 4 is 23.5 Å². The molecule has 0 aliphatic heterocycles. The Morgan fingerprint density at radius 3 is 2.34 bits per heavy atom. The third kappa shape index (κ3) is 6.67. The van der Waals surface area contributed by atoms with E-state index in [1.165, 1.54) is 0 Å². The fourth-order valence-corrected chi connectivity index (χ4v) is 3.03. The van der Waals surface area contributed by atoms with Gasteiger partial charge in [0.15, 0.2) is 11.5 Å². The molecule has 4 rings (SSSR count). The maximum absolute atomic E-state index is 11.2. The van der Waals surface area contributed by atoms with Crippen molar-refractivity contribution in [3.63, 3.8) is 0 Å². The molecule has 13 heteroatoms. The summed E-state index contributed by atoms with van der Waals surface area (Å²) in [6, 6.07) is 11.4. The minimum absolute atomic E-state index is 0.00186. The molecule has 0 aliphatic rings. The number of hydrogen-bond acceptors (Lipinski definition) is 5. The van der Waals surface area contributed by atoms with Gasteiger partial charge in [0.05, 0.1) is 12.7 Å². The molecule has 0 aliphatic carbocycles. The molecule has 0 spiro atoms. The Hall–Kier alpha value is -4.19. The van der Waals surface area contributed by atoms with Crippen LogP contribution in [0, 0.1) is 6.92 Å². The van der Waals surface area contributed by atoms with Gasteiger partial charge in [0.2, 0.25) is 0 Å². The number of aryl methyl sites for hydroxylation is 1. The maximum Gasteiger partial charge on any atom is 0.490 e. The first-order valence-corrected chi connectivity index (χ1v) is 10.2. The number of nitrogens with zero attached hydrogens (tertiary/aromatic N) is 4. The number of aromatic nitrogens is 5. The van der Waals surface area contributed by atoms with E-state index in [1.807, 2.05) is 47.3 Å². The molecule has 9 nitrogen and oxygen atoms in total. The van der Waals surface area contributed by atoms with Crippen molar-refractivity contribution in [2.45, 2.75) is 19.6 Å². The number of imidazole rings is 1. The van der Waals surface area contributed by atoms with Crippen LogP contribution >= 0.6 is 11.6 Å². The molecule has 3 heterocycles. The second-order valence-corrected chi connectivity index (χ2v) is 7.59. The predicted octanol–water partition coefficient (Wildman–Crippen LogP) is 4.68. The number of H-pyrrole nitrogens is 1. The van der Waals surface area contributed by atoms with E-state index >= 15 is 0 Å². The van der Waals surface area contributed by atoms with Crippen molar-refractivity contribution in [3.05, 3.63) is 77.0 Å². The minimum atomic E-state index is -5.08. The van der Waals surface area contributed by atoms with Crippen LogP contribution in [0.4, 0.5) is 13.2 Å². The van der Waals surface area contributed by atoms with E-state index in [-0.39, 0.29) is 5.69 Å². The Morgan fingerprint density at radius 2 is 1.77 bits per heavy atom. The Balaban J connectivity index is 0.000000429. The fourth-order valence-electron chi connectivity index (χ4n) is 2.91. The number of benzene rings is 1. The molecule has 3 aromatic heterocycles. The Morgan fingerprint density at radius 1 is 1.11 bits per heavy atom. The second-order valence-electron chi connectivity index (χ2n) is 7.15. The van der Waals surface area contributed by atoms with E-state index in [2.05, 4.69) is 20.1 Å². The Labute approximate surface area is 200 Å². The zero-order chi connectivity index (χ0) is 25.8. The Kier molecular flexibility index (Phi) is 7.55. The van der Waals surface area contributed by atoms with E-state index in [4.69, 9.17) is 21.5 Å². The average Bonchev–Trinajstić information content (AvgIpc) is 3.42. The summed E-state index contributed by atoms with van der Waals surface area (Å²) in [6.07, 6.45) is 0.314. The average molecular weight is 508 g/mol. The zero-order valence-corrected chi connectivity index (χ0v) is 18.7. The van der Waals surface area contributed by atoms with Crippen molar-refractivity contribution in [1.29, 1.82) is 0 Å². The quantitative estimate of drug-likeness (QED) is 0.357. The van der Waals surface area contributed by atoms with Crippen LogP contribution in [0.15, 0.2) is 55.0 Å². The number of pyridine rings is 1. The van der Waals surface area contributed by atoms with Gasteiger partial charge in [-0.2, -0.15) is 18.3 Å². The van der Waals surface area contributed by atoms with Crippen molar-refractivity contribution in [2.75, 3.05) is 0 Å². The number of halogens is 4. The number of alkyl halides is 3. The highest BCUT2D eigenvalue weighted by molar-refractivity contribution is 6.30. The van der Waals surface area contributed by atoms with Crippen LogP contribution in [0.2, 0.25) is 5.02 Å². The molecule has 182 valence electrons. The molecule has 0 saturated carbocycles. The van der Waals surface area contributed by atoms with Gasteiger partial charge >= 0.3 is 18.1 Å². The van der Waals surface area contributed by atoms with Crippen LogP contribution in [0.3, 0.4) is 0 Å². The summed E-state index contributed by atoms with van der Waals surface area (Å²) in [4.78, 5) is 31.5. The third-order valence-electron chi connectivity index (χ3n) is 4.56. The van der Waals surface area contributed by atoms with Crippen molar-refractivity contribution < 1.29 is 33.0 Å². The molecule has 0 amide bonds. The SMILES string of the molecule is Cc1[nH]c(-c2cc(-c3cnn(Cc4ccc(Cl)cc4)c3)ccn2)nc1C(=O)O.O=C(O)C(F)(F)F. The lowest BCUT2D eigenvalue weighted by Crippen LogP contribution is -2.21. The van der Waals surface area contributed by atoms with Crippen molar-refractivity contribution in [2.24, 2.45) is 0 Å². The number of aliphatic carboxylic acids is 1. The monoisotopic (exact) mass is 507 g/mol. The first kappa shape index (κ1) is 25.4. The summed E-state index contributed by atoms with van der Waals surface area (Å²) in [5, 5.41) is 21.4. The molecular formula is C22H17ClF3N5O4. The normalized spacial score (nSPS) is 11.0. The van der Waals surface area contributed by atoms with Crippen LogP contribution in [0.25, 0.3) is 22.6 Å². The number of carboxylic acid groups (broad SMARTS) is 2. The molecule has 0 fully saturated rings.